The van der Waals surface area contributed by atoms with Crippen molar-refractivity contribution in [3.63, 3.8) is 0 Å². The molecule has 0 bridgehead atoms. The van der Waals surface area contributed by atoms with Gasteiger partial charge in [-0.25, -0.2) is 0 Å². The van der Waals surface area contributed by atoms with Gasteiger partial charge in [-0.2, -0.15) is 0 Å². The SMILES string of the molecule is COC(=O)C1C(=O)C[C@H]2C(C(=O)OC)C(=O)C[C@@H]12. The van der Waals surface area contributed by atoms with Crippen molar-refractivity contribution in [3.8, 4) is 0 Å². The lowest BCUT2D eigenvalue weighted by Crippen LogP contribution is -2.26. The van der Waals surface area contributed by atoms with Crippen LogP contribution in [0.25, 0.3) is 0 Å². The van der Waals surface area contributed by atoms with Gasteiger partial charge in [-0.15, -0.1) is 0 Å². The standard InChI is InChI=1S/C12H14O6/c1-17-11(15)9-5-3-8(14)10(12(16)18-2)6(5)4-7(9)13/h5-6,9-10H,3-4H2,1-2H3/t5-,6-,9?,10?/m1/s1. The van der Waals surface area contributed by atoms with Crippen LogP contribution in [0.1, 0.15) is 12.8 Å². The molecule has 2 aliphatic carbocycles. The van der Waals surface area contributed by atoms with Gasteiger partial charge in [-0.1, -0.05) is 0 Å². The van der Waals surface area contributed by atoms with Gasteiger partial charge < -0.3 is 9.47 Å². The number of hydrogen-bond donors (Lipinski definition) is 0. The Morgan fingerprint density at radius 3 is 1.50 bits per heavy atom. The monoisotopic (exact) mass is 254 g/mol. The highest BCUT2D eigenvalue weighted by Gasteiger charge is 2.58. The molecule has 0 radical (unpaired) electrons. The highest BCUT2D eigenvalue weighted by atomic mass is 16.5. The average Bonchev–Trinajstić information content (AvgIpc) is 2.80. The van der Waals surface area contributed by atoms with Gasteiger partial charge in [0.15, 0.2) is 0 Å². The minimum absolute atomic E-state index is 0.0654. The van der Waals surface area contributed by atoms with Crippen LogP contribution in [0.15, 0.2) is 0 Å². The first kappa shape index (κ1) is 12.7. The van der Waals surface area contributed by atoms with Crippen LogP contribution in [0.5, 0.6) is 0 Å². The molecular weight excluding hydrogens is 240 g/mol. The molecule has 18 heavy (non-hydrogen) atoms. The van der Waals surface area contributed by atoms with Crippen LogP contribution < -0.4 is 0 Å². The van der Waals surface area contributed by atoms with Crippen LogP contribution in [-0.4, -0.2) is 37.7 Å². The maximum Gasteiger partial charge on any atom is 0.316 e. The van der Waals surface area contributed by atoms with Gasteiger partial charge in [-0.3, -0.25) is 19.2 Å². The predicted molar refractivity (Wildman–Crippen MR) is 57.2 cm³/mol. The minimum atomic E-state index is -0.904. The van der Waals surface area contributed by atoms with Gasteiger partial charge in [0.1, 0.15) is 23.4 Å². The van der Waals surface area contributed by atoms with Crippen molar-refractivity contribution < 1.29 is 28.7 Å². The second-order valence-corrected chi connectivity index (χ2v) is 4.67. The second kappa shape index (κ2) is 4.51. The molecule has 0 N–H and O–H groups in total. The molecule has 0 aromatic heterocycles. The van der Waals surface area contributed by atoms with Gasteiger partial charge >= 0.3 is 11.9 Å². The molecule has 0 heterocycles. The molecule has 2 saturated carbocycles. The van der Waals surface area contributed by atoms with E-state index in [9.17, 15) is 19.2 Å². The second-order valence-electron chi connectivity index (χ2n) is 4.67. The van der Waals surface area contributed by atoms with Gasteiger partial charge in [0.05, 0.1) is 14.2 Å². The van der Waals surface area contributed by atoms with E-state index in [0.717, 1.165) is 0 Å². The fraction of sp³-hybridized carbons (Fsp3) is 0.667. The van der Waals surface area contributed by atoms with Gasteiger partial charge in [-0.05, 0) is 11.8 Å². The van der Waals surface area contributed by atoms with Crippen LogP contribution in [-0.2, 0) is 28.7 Å². The summed E-state index contributed by atoms with van der Waals surface area (Å²) in [5.74, 6) is -4.38. The third-order valence-electron chi connectivity index (χ3n) is 3.88. The number of esters is 2. The van der Waals surface area contributed by atoms with E-state index in [0.29, 0.717) is 0 Å². The summed E-state index contributed by atoms with van der Waals surface area (Å²) in [6, 6.07) is 0. The number of fused-ring (bicyclic) bond motifs is 1. The molecule has 0 aliphatic heterocycles. The summed E-state index contributed by atoms with van der Waals surface area (Å²) in [6.07, 6.45) is 0.131. The van der Waals surface area contributed by atoms with Crippen molar-refractivity contribution in [3.05, 3.63) is 0 Å². The Labute approximate surface area is 104 Å². The number of ketones is 2. The number of carbonyl (C=O) groups excluding carboxylic acids is 4. The normalized spacial score (nSPS) is 34.3. The van der Waals surface area contributed by atoms with E-state index < -0.39 is 35.6 Å². The Morgan fingerprint density at radius 2 is 1.22 bits per heavy atom. The predicted octanol–water partition coefficient (Wildman–Crippen LogP) is -0.257. The van der Waals surface area contributed by atoms with E-state index in [4.69, 9.17) is 0 Å². The molecule has 0 aromatic carbocycles. The summed E-state index contributed by atoms with van der Waals surface area (Å²) >= 11 is 0. The van der Waals surface area contributed by atoms with E-state index >= 15 is 0 Å². The zero-order chi connectivity index (χ0) is 13.4. The van der Waals surface area contributed by atoms with Crippen molar-refractivity contribution in [1.29, 1.82) is 0 Å². The zero-order valence-corrected chi connectivity index (χ0v) is 10.2. The van der Waals surface area contributed by atoms with E-state index in [2.05, 4.69) is 9.47 Å². The highest BCUT2D eigenvalue weighted by Crippen LogP contribution is 2.48. The van der Waals surface area contributed by atoms with Crippen molar-refractivity contribution >= 4 is 23.5 Å². The number of rotatable bonds is 2. The van der Waals surface area contributed by atoms with Gasteiger partial charge in [0, 0.05) is 12.8 Å². The van der Waals surface area contributed by atoms with Crippen LogP contribution in [0, 0.1) is 23.7 Å². The number of carbonyl (C=O) groups is 4. The summed E-state index contributed by atoms with van der Waals surface area (Å²) in [7, 11) is 2.41. The fourth-order valence-corrected chi connectivity index (χ4v) is 3.10. The molecular formula is C12H14O6. The Morgan fingerprint density at radius 1 is 0.889 bits per heavy atom. The lowest BCUT2D eigenvalue weighted by molar-refractivity contribution is -0.151. The third-order valence-corrected chi connectivity index (χ3v) is 3.88. The smallest absolute Gasteiger partial charge is 0.316 e. The summed E-state index contributed by atoms with van der Waals surface area (Å²) < 4.78 is 9.17. The molecule has 2 fully saturated rings. The van der Waals surface area contributed by atoms with E-state index in [1.165, 1.54) is 14.2 Å². The topological polar surface area (TPSA) is 86.7 Å². The van der Waals surface area contributed by atoms with E-state index in [1.54, 1.807) is 0 Å². The summed E-state index contributed by atoms with van der Waals surface area (Å²) in [6.45, 7) is 0. The van der Waals surface area contributed by atoms with Crippen molar-refractivity contribution in [1.82, 2.24) is 0 Å². The molecule has 98 valence electrons. The van der Waals surface area contributed by atoms with Crippen LogP contribution in [0.3, 0.4) is 0 Å². The largest absolute Gasteiger partial charge is 0.468 e. The molecule has 6 heteroatoms. The average molecular weight is 254 g/mol. The maximum atomic E-state index is 11.8. The Kier molecular flexibility index (Phi) is 3.19. The fourth-order valence-electron chi connectivity index (χ4n) is 3.10. The van der Waals surface area contributed by atoms with Gasteiger partial charge in [0.25, 0.3) is 0 Å². The van der Waals surface area contributed by atoms with E-state index in [-0.39, 0.29) is 24.4 Å². The Bertz CT molecular complexity index is 386. The molecule has 2 aliphatic rings. The van der Waals surface area contributed by atoms with Crippen LogP contribution in [0.2, 0.25) is 0 Å². The van der Waals surface area contributed by atoms with Crippen molar-refractivity contribution in [2.75, 3.05) is 14.2 Å². The number of methoxy groups -OCH3 is 2. The van der Waals surface area contributed by atoms with E-state index in [1.807, 2.05) is 0 Å². The number of ether oxygens (including phenoxy) is 2. The molecule has 0 saturated heterocycles. The van der Waals surface area contributed by atoms with Gasteiger partial charge in [0.2, 0.25) is 0 Å². The van der Waals surface area contributed by atoms with Crippen molar-refractivity contribution in [2.45, 2.75) is 12.8 Å². The summed E-state index contributed by atoms with van der Waals surface area (Å²) in [4.78, 5) is 46.7. The first-order valence-electron chi connectivity index (χ1n) is 5.72. The summed E-state index contributed by atoms with van der Waals surface area (Å²) in [5.41, 5.74) is 0. The summed E-state index contributed by atoms with van der Waals surface area (Å²) in [5, 5.41) is 0. The third kappa shape index (κ3) is 1.72. The lowest BCUT2D eigenvalue weighted by atomic mass is 9.89. The number of hydrogen-bond acceptors (Lipinski definition) is 6. The molecule has 2 rings (SSSR count). The quantitative estimate of drug-likeness (QED) is 0.498. The lowest BCUT2D eigenvalue weighted by Gasteiger charge is -2.15. The minimum Gasteiger partial charge on any atom is -0.468 e. The molecule has 0 aromatic rings. The first-order chi connectivity index (χ1) is 8.51. The van der Waals surface area contributed by atoms with Crippen molar-refractivity contribution in [2.24, 2.45) is 23.7 Å². The zero-order valence-electron chi connectivity index (χ0n) is 10.2. The highest BCUT2D eigenvalue weighted by molar-refractivity contribution is 6.07. The first-order valence-corrected chi connectivity index (χ1v) is 5.72. The van der Waals surface area contributed by atoms with Crippen LogP contribution in [0.4, 0.5) is 0 Å². The Balaban J connectivity index is 2.27. The molecule has 2 unspecified atom stereocenters. The van der Waals surface area contributed by atoms with Crippen LogP contribution >= 0.6 is 0 Å². The molecule has 6 nitrogen and oxygen atoms in total. The molecule has 4 atom stereocenters. The number of Topliss-reactive ketones (excluding diaryl/α,β-unsaturated/α-hetero) is 2. The Hall–Kier alpha value is -1.72. The maximum absolute atomic E-state index is 11.8. The molecule has 0 spiro atoms. The molecule has 0 amide bonds.